The molecule has 1 atom stereocenters. The Kier molecular flexibility index (Phi) is 4.67. The van der Waals surface area contributed by atoms with E-state index in [1.54, 1.807) is 16.9 Å². The molecule has 0 saturated carbocycles. The second kappa shape index (κ2) is 6.30. The monoisotopic (exact) mass is 297 g/mol. The molecule has 0 saturated heterocycles. The highest BCUT2D eigenvalue weighted by atomic mass is 19.4. The molecule has 1 unspecified atom stereocenters. The van der Waals surface area contributed by atoms with Crippen molar-refractivity contribution < 1.29 is 13.2 Å². The molecule has 0 aliphatic rings. The molecule has 0 aliphatic carbocycles. The maximum Gasteiger partial charge on any atom is 0.416 e. The smallest absolute Gasteiger partial charge is 0.324 e. The van der Waals surface area contributed by atoms with E-state index < -0.39 is 11.7 Å². The number of hydrogen-bond acceptors (Lipinski definition) is 2. The molecule has 0 bridgehead atoms. The van der Waals surface area contributed by atoms with Crippen LogP contribution in [0.15, 0.2) is 36.7 Å². The highest BCUT2D eigenvalue weighted by molar-refractivity contribution is 5.27. The Morgan fingerprint density at radius 2 is 2.10 bits per heavy atom. The van der Waals surface area contributed by atoms with Gasteiger partial charge in [-0.05, 0) is 24.5 Å². The van der Waals surface area contributed by atoms with E-state index in [2.05, 4.69) is 5.10 Å². The normalized spacial score (nSPS) is 13.4. The molecule has 1 aromatic carbocycles. The first-order valence-corrected chi connectivity index (χ1v) is 6.84. The van der Waals surface area contributed by atoms with Crippen molar-refractivity contribution in [3.63, 3.8) is 0 Å². The van der Waals surface area contributed by atoms with E-state index in [4.69, 9.17) is 5.73 Å². The Morgan fingerprint density at radius 3 is 2.76 bits per heavy atom. The molecule has 2 N–H and O–H groups in total. The fourth-order valence-corrected chi connectivity index (χ4v) is 2.17. The van der Waals surface area contributed by atoms with Crippen LogP contribution in [0.3, 0.4) is 0 Å². The predicted octanol–water partition coefficient (Wildman–Crippen LogP) is 3.55. The number of halogens is 3. The number of hydrogen-bond donors (Lipinski definition) is 1. The summed E-state index contributed by atoms with van der Waals surface area (Å²) in [5.74, 6) is 0. The molecule has 0 spiro atoms. The topological polar surface area (TPSA) is 43.8 Å². The van der Waals surface area contributed by atoms with E-state index in [-0.39, 0.29) is 6.04 Å². The minimum Gasteiger partial charge on any atom is -0.324 e. The largest absolute Gasteiger partial charge is 0.416 e. The lowest BCUT2D eigenvalue weighted by Gasteiger charge is -2.12. The van der Waals surface area contributed by atoms with Gasteiger partial charge in [-0.1, -0.05) is 25.1 Å². The first kappa shape index (κ1) is 15.6. The summed E-state index contributed by atoms with van der Waals surface area (Å²) >= 11 is 0. The first-order valence-electron chi connectivity index (χ1n) is 6.84. The summed E-state index contributed by atoms with van der Waals surface area (Å²) in [7, 11) is 0. The van der Waals surface area contributed by atoms with E-state index in [0.717, 1.165) is 30.7 Å². The molecule has 1 heterocycles. The molecule has 2 aromatic rings. The molecule has 0 aliphatic heterocycles. The van der Waals surface area contributed by atoms with E-state index in [9.17, 15) is 13.2 Å². The molecular formula is C15H18F3N3. The van der Waals surface area contributed by atoms with Crippen molar-refractivity contribution >= 4 is 0 Å². The molecule has 21 heavy (non-hydrogen) atoms. The molecule has 0 amide bonds. The van der Waals surface area contributed by atoms with Crippen LogP contribution in [0.2, 0.25) is 0 Å². The maximum atomic E-state index is 12.7. The van der Waals surface area contributed by atoms with Crippen LogP contribution in [0, 0.1) is 0 Å². The second-order valence-corrected chi connectivity index (χ2v) is 5.05. The van der Waals surface area contributed by atoms with Crippen molar-refractivity contribution in [1.29, 1.82) is 0 Å². The van der Waals surface area contributed by atoms with E-state index in [1.807, 2.05) is 13.1 Å². The van der Waals surface area contributed by atoms with Gasteiger partial charge in [0.05, 0.1) is 11.8 Å². The lowest BCUT2D eigenvalue weighted by atomic mass is 10.0. The lowest BCUT2D eigenvalue weighted by molar-refractivity contribution is -0.137. The fraction of sp³-hybridized carbons (Fsp3) is 0.400. The molecule has 6 heteroatoms. The zero-order valence-corrected chi connectivity index (χ0v) is 11.8. The van der Waals surface area contributed by atoms with Gasteiger partial charge >= 0.3 is 6.18 Å². The van der Waals surface area contributed by atoms with Crippen LogP contribution in [0.25, 0.3) is 0 Å². The van der Waals surface area contributed by atoms with Gasteiger partial charge in [0.15, 0.2) is 0 Å². The van der Waals surface area contributed by atoms with Gasteiger partial charge in [-0.3, -0.25) is 4.68 Å². The van der Waals surface area contributed by atoms with Crippen LogP contribution < -0.4 is 5.73 Å². The summed E-state index contributed by atoms with van der Waals surface area (Å²) in [6, 6.07) is 4.92. The van der Waals surface area contributed by atoms with Crippen LogP contribution >= 0.6 is 0 Å². The molecule has 2 rings (SSSR count). The van der Waals surface area contributed by atoms with Crippen LogP contribution in [-0.4, -0.2) is 9.78 Å². The number of rotatable bonds is 5. The van der Waals surface area contributed by atoms with Crippen LogP contribution in [0.4, 0.5) is 13.2 Å². The Labute approximate surface area is 121 Å². The zero-order valence-electron chi connectivity index (χ0n) is 11.8. The van der Waals surface area contributed by atoms with E-state index in [1.165, 1.54) is 6.07 Å². The number of benzene rings is 1. The summed E-state index contributed by atoms with van der Waals surface area (Å²) in [5, 5.41) is 4.18. The standard InChI is InChI=1S/C15H18F3N3/c1-2-6-21-10-12(9-20-21)14(19)8-11-4-3-5-13(7-11)15(16,17)18/h3-5,7,9-10,14H,2,6,8,19H2,1H3. The van der Waals surface area contributed by atoms with Crippen molar-refractivity contribution in [3.8, 4) is 0 Å². The van der Waals surface area contributed by atoms with Gasteiger partial charge in [-0.15, -0.1) is 0 Å². The van der Waals surface area contributed by atoms with Gasteiger partial charge in [0.25, 0.3) is 0 Å². The number of aromatic nitrogens is 2. The van der Waals surface area contributed by atoms with E-state index in [0.29, 0.717) is 12.0 Å². The second-order valence-electron chi connectivity index (χ2n) is 5.05. The molecule has 1 aromatic heterocycles. The van der Waals surface area contributed by atoms with Gasteiger partial charge in [0, 0.05) is 24.3 Å². The van der Waals surface area contributed by atoms with Gasteiger partial charge < -0.3 is 5.73 Å². The lowest BCUT2D eigenvalue weighted by Crippen LogP contribution is -2.13. The predicted molar refractivity (Wildman–Crippen MR) is 74.6 cm³/mol. The molecule has 114 valence electrons. The van der Waals surface area contributed by atoms with Gasteiger partial charge in [-0.2, -0.15) is 18.3 Å². The molecule has 0 fully saturated rings. The first-order chi connectivity index (χ1) is 9.90. The third-order valence-corrected chi connectivity index (χ3v) is 3.24. The molecular weight excluding hydrogens is 279 g/mol. The van der Waals surface area contributed by atoms with Crippen molar-refractivity contribution in [2.24, 2.45) is 5.73 Å². The SMILES string of the molecule is CCCn1cc(C(N)Cc2cccc(C(F)(F)F)c2)cn1. The van der Waals surface area contributed by atoms with Gasteiger partial charge in [0.1, 0.15) is 0 Å². The maximum absolute atomic E-state index is 12.7. The van der Waals surface area contributed by atoms with Crippen molar-refractivity contribution in [3.05, 3.63) is 53.3 Å². The summed E-state index contributed by atoms with van der Waals surface area (Å²) < 4.78 is 39.8. The number of nitrogens with zero attached hydrogens (tertiary/aromatic N) is 2. The zero-order chi connectivity index (χ0) is 15.5. The Bertz CT molecular complexity index is 590. The third kappa shape index (κ3) is 4.07. The van der Waals surface area contributed by atoms with Crippen LogP contribution in [-0.2, 0) is 19.1 Å². The van der Waals surface area contributed by atoms with Crippen LogP contribution in [0.5, 0.6) is 0 Å². The quantitative estimate of drug-likeness (QED) is 0.917. The Morgan fingerprint density at radius 1 is 1.33 bits per heavy atom. The van der Waals surface area contributed by atoms with Gasteiger partial charge in [0.2, 0.25) is 0 Å². The third-order valence-electron chi connectivity index (χ3n) is 3.24. The highest BCUT2D eigenvalue weighted by Gasteiger charge is 2.30. The average Bonchev–Trinajstić information content (AvgIpc) is 2.87. The fourth-order valence-electron chi connectivity index (χ4n) is 2.17. The Hall–Kier alpha value is -1.82. The minimum absolute atomic E-state index is 0.349. The van der Waals surface area contributed by atoms with Crippen LogP contribution in [0.1, 0.15) is 36.1 Å². The van der Waals surface area contributed by atoms with Gasteiger partial charge in [-0.25, -0.2) is 0 Å². The van der Waals surface area contributed by atoms with Crippen molar-refractivity contribution in [2.75, 3.05) is 0 Å². The average molecular weight is 297 g/mol. The number of nitrogens with two attached hydrogens (primary N) is 1. The Balaban J connectivity index is 2.10. The highest BCUT2D eigenvalue weighted by Crippen LogP contribution is 2.30. The summed E-state index contributed by atoms with van der Waals surface area (Å²) in [5.41, 5.74) is 6.82. The van der Waals surface area contributed by atoms with Crippen molar-refractivity contribution in [1.82, 2.24) is 9.78 Å². The summed E-state index contributed by atoms with van der Waals surface area (Å²) in [6.45, 7) is 2.85. The number of alkyl halides is 3. The molecule has 0 radical (unpaired) electrons. The number of aryl methyl sites for hydroxylation is 1. The molecule has 3 nitrogen and oxygen atoms in total. The van der Waals surface area contributed by atoms with Crippen molar-refractivity contribution in [2.45, 2.75) is 38.5 Å². The van der Waals surface area contributed by atoms with E-state index >= 15 is 0 Å². The summed E-state index contributed by atoms with van der Waals surface area (Å²) in [6.07, 6.45) is 0.507. The minimum atomic E-state index is -4.33. The summed E-state index contributed by atoms with van der Waals surface area (Å²) in [4.78, 5) is 0.